The molecule has 2 aliphatic rings. The second kappa shape index (κ2) is 5.64. The zero-order valence-corrected chi connectivity index (χ0v) is 11.9. The minimum Gasteiger partial charge on any atom is -0.314 e. The van der Waals surface area contributed by atoms with Crippen LogP contribution in [-0.2, 0) is 12.8 Å². The van der Waals surface area contributed by atoms with E-state index in [0.717, 1.165) is 19.1 Å². The van der Waals surface area contributed by atoms with Gasteiger partial charge >= 0.3 is 0 Å². The third-order valence-electron chi connectivity index (χ3n) is 4.30. The maximum absolute atomic E-state index is 3.45. The monoisotopic (exact) mass is 262 g/mol. The molecule has 98 valence electrons. The van der Waals surface area contributed by atoms with Crippen LogP contribution < -0.4 is 5.32 Å². The minimum absolute atomic E-state index is 0.771. The first-order valence-electron chi connectivity index (χ1n) is 6.98. The molecular weight excluding hydrogens is 240 g/mol. The molecule has 1 aromatic rings. The SMILES string of the molecule is CSc1cccc2c1CC(N1CCNCC1)CC2. The molecule has 1 fully saturated rings. The van der Waals surface area contributed by atoms with Crippen LogP contribution in [0.15, 0.2) is 23.1 Å². The predicted octanol–water partition coefficient (Wildman–Crippen LogP) is 2.17. The molecule has 18 heavy (non-hydrogen) atoms. The van der Waals surface area contributed by atoms with Crippen molar-refractivity contribution in [1.82, 2.24) is 10.2 Å². The summed E-state index contributed by atoms with van der Waals surface area (Å²) in [4.78, 5) is 4.18. The zero-order valence-electron chi connectivity index (χ0n) is 11.1. The summed E-state index contributed by atoms with van der Waals surface area (Å²) in [6.07, 6.45) is 6.06. The molecule has 1 heterocycles. The van der Waals surface area contributed by atoms with E-state index in [-0.39, 0.29) is 0 Å². The van der Waals surface area contributed by atoms with E-state index in [1.54, 1.807) is 11.1 Å². The van der Waals surface area contributed by atoms with Crippen molar-refractivity contribution in [3.05, 3.63) is 29.3 Å². The average Bonchev–Trinajstić information content (AvgIpc) is 2.47. The van der Waals surface area contributed by atoms with Gasteiger partial charge in [-0.15, -0.1) is 11.8 Å². The Balaban J connectivity index is 1.79. The van der Waals surface area contributed by atoms with E-state index in [1.165, 1.54) is 37.2 Å². The van der Waals surface area contributed by atoms with Gasteiger partial charge in [0.05, 0.1) is 0 Å². The molecule has 2 nitrogen and oxygen atoms in total. The van der Waals surface area contributed by atoms with Crippen molar-refractivity contribution in [1.29, 1.82) is 0 Å². The zero-order chi connectivity index (χ0) is 12.4. The first-order valence-corrected chi connectivity index (χ1v) is 8.20. The molecular formula is C15H22N2S. The van der Waals surface area contributed by atoms with Crippen molar-refractivity contribution in [2.45, 2.75) is 30.2 Å². The first-order chi connectivity index (χ1) is 8.88. The van der Waals surface area contributed by atoms with Crippen molar-refractivity contribution >= 4 is 11.8 Å². The van der Waals surface area contributed by atoms with E-state index >= 15 is 0 Å². The summed E-state index contributed by atoms with van der Waals surface area (Å²) in [5, 5.41) is 3.45. The molecule has 0 aromatic heterocycles. The maximum atomic E-state index is 3.45. The number of piperazine rings is 1. The van der Waals surface area contributed by atoms with Crippen LogP contribution in [0.3, 0.4) is 0 Å². The smallest absolute Gasteiger partial charge is 0.0140 e. The molecule has 3 heteroatoms. The number of benzene rings is 1. The van der Waals surface area contributed by atoms with Crippen LogP contribution in [0.25, 0.3) is 0 Å². The summed E-state index contributed by atoms with van der Waals surface area (Å²) >= 11 is 1.90. The molecule has 0 bridgehead atoms. The molecule has 0 radical (unpaired) electrons. The summed E-state index contributed by atoms with van der Waals surface area (Å²) in [6.45, 7) is 4.77. The molecule has 0 saturated carbocycles. The molecule has 0 spiro atoms. The number of nitrogens with zero attached hydrogens (tertiary/aromatic N) is 1. The Bertz CT molecular complexity index is 399. The van der Waals surface area contributed by atoms with Crippen molar-refractivity contribution in [2.24, 2.45) is 0 Å². The van der Waals surface area contributed by atoms with E-state index in [0.29, 0.717) is 0 Å². The average molecular weight is 262 g/mol. The second-order valence-electron chi connectivity index (χ2n) is 5.28. The van der Waals surface area contributed by atoms with Crippen LogP contribution in [0.1, 0.15) is 17.5 Å². The summed E-state index contributed by atoms with van der Waals surface area (Å²) in [6, 6.07) is 7.59. The van der Waals surface area contributed by atoms with E-state index in [2.05, 4.69) is 34.7 Å². The number of nitrogens with one attached hydrogen (secondary N) is 1. The number of hydrogen-bond acceptors (Lipinski definition) is 3. The Hall–Kier alpha value is -0.510. The highest BCUT2D eigenvalue weighted by atomic mass is 32.2. The number of hydrogen-bond donors (Lipinski definition) is 1. The molecule has 1 atom stereocenters. The third kappa shape index (κ3) is 2.44. The molecule has 1 N–H and O–H groups in total. The van der Waals surface area contributed by atoms with E-state index in [1.807, 2.05) is 11.8 Å². The lowest BCUT2D eigenvalue weighted by atomic mass is 9.87. The molecule has 3 rings (SSSR count). The number of fused-ring (bicyclic) bond motifs is 1. The highest BCUT2D eigenvalue weighted by molar-refractivity contribution is 7.98. The Morgan fingerprint density at radius 3 is 2.89 bits per heavy atom. The lowest BCUT2D eigenvalue weighted by Crippen LogP contribution is -2.50. The quantitative estimate of drug-likeness (QED) is 0.822. The van der Waals surface area contributed by atoms with Crippen LogP contribution in [0.4, 0.5) is 0 Å². The predicted molar refractivity (Wildman–Crippen MR) is 78.5 cm³/mol. The topological polar surface area (TPSA) is 15.3 Å². The van der Waals surface area contributed by atoms with Crippen molar-refractivity contribution in [3.8, 4) is 0 Å². The van der Waals surface area contributed by atoms with Crippen molar-refractivity contribution in [3.63, 3.8) is 0 Å². The van der Waals surface area contributed by atoms with E-state index in [9.17, 15) is 0 Å². The van der Waals surface area contributed by atoms with Crippen molar-refractivity contribution in [2.75, 3.05) is 32.4 Å². The van der Waals surface area contributed by atoms with Gasteiger partial charge in [-0.05, 0) is 42.7 Å². The highest BCUT2D eigenvalue weighted by Crippen LogP contribution is 2.31. The van der Waals surface area contributed by atoms with Gasteiger partial charge in [-0.3, -0.25) is 4.90 Å². The molecule has 1 aliphatic carbocycles. The Labute approximate surface area is 114 Å². The molecule has 0 amide bonds. The summed E-state index contributed by atoms with van der Waals surface area (Å²) < 4.78 is 0. The van der Waals surface area contributed by atoms with Crippen LogP contribution in [0.5, 0.6) is 0 Å². The molecule has 1 unspecified atom stereocenters. The largest absolute Gasteiger partial charge is 0.314 e. The lowest BCUT2D eigenvalue weighted by molar-refractivity contribution is 0.158. The van der Waals surface area contributed by atoms with Crippen LogP contribution in [-0.4, -0.2) is 43.4 Å². The fourth-order valence-electron chi connectivity index (χ4n) is 3.29. The van der Waals surface area contributed by atoms with Gasteiger partial charge in [0.25, 0.3) is 0 Å². The maximum Gasteiger partial charge on any atom is 0.0140 e. The number of aryl methyl sites for hydroxylation is 1. The Morgan fingerprint density at radius 2 is 2.11 bits per heavy atom. The van der Waals surface area contributed by atoms with Gasteiger partial charge in [-0.25, -0.2) is 0 Å². The molecule has 1 aromatic carbocycles. The van der Waals surface area contributed by atoms with Gasteiger partial charge in [0, 0.05) is 37.1 Å². The van der Waals surface area contributed by atoms with Gasteiger partial charge in [0.15, 0.2) is 0 Å². The van der Waals surface area contributed by atoms with E-state index < -0.39 is 0 Å². The van der Waals surface area contributed by atoms with Gasteiger partial charge in [-0.2, -0.15) is 0 Å². The lowest BCUT2D eigenvalue weighted by Gasteiger charge is -2.38. The normalized spacial score (nSPS) is 24.8. The fraction of sp³-hybridized carbons (Fsp3) is 0.600. The van der Waals surface area contributed by atoms with E-state index in [4.69, 9.17) is 0 Å². The van der Waals surface area contributed by atoms with Gasteiger partial charge in [0.1, 0.15) is 0 Å². The Kier molecular flexibility index (Phi) is 3.92. The third-order valence-corrected chi connectivity index (χ3v) is 5.13. The van der Waals surface area contributed by atoms with Gasteiger partial charge < -0.3 is 5.32 Å². The highest BCUT2D eigenvalue weighted by Gasteiger charge is 2.26. The first kappa shape index (κ1) is 12.5. The van der Waals surface area contributed by atoms with Gasteiger partial charge in [0.2, 0.25) is 0 Å². The van der Waals surface area contributed by atoms with Crippen LogP contribution >= 0.6 is 11.8 Å². The molecule has 1 aliphatic heterocycles. The number of thioether (sulfide) groups is 1. The second-order valence-corrected chi connectivity index (χ2v) is 6.13. The Morgan fingerprint density at radius 1 is 1.28 bits per heavy atom. The van der Waals surface area contributed by atoms with Gasteiger partial charge in [-0.1, -0.05) is 12.1 Å². The minimum atomic E-state index is 0.771. The van der Waals surface area contributed by atoms with Crippen LogP contribution in [0.2, 0.25) is 0 Å². The summed E-state index contributed by atoms with van der Waals surface area (Å²) in [5.74, 6) is 0. The summed E-state index contributed by atoms with van der Waals surface area (Å²) in [5.41, 5.74) is 3.22. The summed E-state index contributed by atoms with van der Waals surface area (Å²) in [7, 11) is 0. The fourth-order valence-corrected chi connectivity index (χ4v) is 3.96. The van der Waals surface area contributed by atoms with Crippen LogP contribution in [0, 0.1) is 0 Å². The van der Waals surface area contributed by atoms with Crippen molar-refractivity contribution < 1.29 is 0 Å². The standard InChI is InChI=1S/C15H22N2S/c1-18-15-4-2-3-12-5-6-13(11-14(12)15)17-9-7-16-8-10-17/h2-4,13,16H,5-11H2,1H3. The number of rotatable bonds is 2. The molecule has 1 saturated heterocycles.